The van der Waals surface area contributed by atoms with E-state index in [0.717, 1.165) is 13.1 Å². The first-order valence-electron chi connectivity index (χ1n) is 5.96. The Bertz CT molecular complexity index is 384. The smallest absolute Gasteiger partial charge is 0.0237 e. The van der Waals surface area contributed by atoms with Gasteiger partial charge < -0.3 is 0 Å². The number of nitrogens with zero attached hydrogens (tertiary/aromatic N) is 1. The lowest BCUT2D eigenvalue weighted by atomic mass is 9.78. The first-order chi connectivity index (χ1) is 7.56. The van der Waals surface area contributed by atoms with E-state index in [4.69, 9.17) is 0 Å². The largest absolute Gasteiger partial charge is 0.298 e. The highest BCUT2D eigenvalue weighted by Gasteiger charge is 2.30. The number of rotatable bonds is 2. The summed E-state index contributed by atoms with van der Waals surface area (Å²) in [6.07, 6.45) is 2.15. The molecule has 0 aliphatic carbocycles. The number of hydrogen-bond acceptors (Lipinski definition) is 2. The van der Waals surface area contributed by atoms with Crippen molar-refractivity contribution < 1.29 is 0 Å². The predicted octanol–water partition coefficient (Wildman–Crippen LogP) is 3.52. The summed E-state index contributed by atoms with van der Waals surface area (Å²) >= 11 is 1.83. The second-order valence-electron chi connectivity index (χ2n) is 5.21. The fourth-order valence-corrected chi connectivity index (χ4v) is 3.12. The maximum Gasteiger partial charge on any atom is 0.0237 e. The van der Waals surface area contributed by atoms with Crippen LogP contribution in [-0.2, 0) is 12.0 Å². The molecule has 0 unspecified atom stereocenters. The van der Waals surface area contributed by atoms with Crippen molar-refractivity contribution in [2.75, 3.05) is 19.3 Å². The molecule has 2 heteroatoms. The van der Waals surface area contributed by atoms with Crippen LogP contribution in [-0.4, -0.2) is 24.2 Å². The van der Waals surface area contributed by atoms with Crippen LogP contribution in [0.15, 0.2) is 23.1 Å². The summed E-state index contributed by atoms with van der Waals surface area (Å²) in [6.45, 7) is 10.4. The molecule has 0 bridgehead atoms. The van der Waals surface area contributed by atoms with Gasteiger partial charge in [-0.2, -0.15) is 0 Å². The second-order valence-corrected chi connectivity index (χ2v) is 6.09. The van der Waals surface area contributed by atoms with Crippen molar-refractivity contribution in [3.63, 3.8) is 0 Å². The summed E-state index contributed by atoms with van der Waals surface area (Å²) in [5.41, 5.74) is 3.35. The van der Waals surface area contributed by atoms with Crippen molar-refractivity contribution in [3.05, 3.63) is 29.3 Å². The van der Waals surface area contributed by atoms with E-state index in [9.17, 15) is 0 Å². The molecule has 1 nitrogen and oxygen atoms in total. The van der Waals surface area contributed by atoms with Gasteiger partial charge in [0.1, 0.15) is 0 Å². The van der Waals surface area contributed by atoms with Crippen LogP contribution in [0.2, 0.25) is 0 Å². The van der Waals surface area contributed by atoms with Crippen molar-refractivity contribution in [3.8, 4) is 0 Å². The molecular formula is C14H21NS. The predicted molar refractivity (Wildman–Crippen MR) is 72.2 cm³/mol. The van der Waals surface area contributed by atoms with Crippen LogP contribution in [0.1, 0.15) is 31.9 Å². The Morgan fingerprint density at radius 1 is 1.38 bits per heavy atom. The van der Waals surface area contributed by atoms with Crippen LogP contribution >= 0.6 is 11.8 Å². The minimum absolute atomic E-state index is 0.292. The van der Waals surface area contributed by atoms with Gasteiger partial charge in [-0.25, -0.2) is 0 Å². The Balaban J connectivity index is 2.42. The molecule has 1 aromatic rings. The second kappa shape index (κ2) is 4.42. The first-order valence-corrected chi connectivity index (χ1v) is 7.19. The standard InChI is InChI=1S/C14H21NS/c1-5-15-9-11-8-12(16-4)6-7-13(11)14(2,3)10-15/h6-8H,5,9-10H2,1-4H3. The van der Waals surface area contributed by atoms with Gasteiger partial charge in [0, 0.05) is 23.4 Å². The topological polar surface area (TPSA) is 3.24 Å². The number of benzene rings is 1. The third kappa shape index (κ3) is 2.14. The fraction of sp³-hybridized carbons (Fsp3) is 0.571. The van der Waals surface area contributed by atoms with Gasteiger partial charge >= 0.3 is 0 Å². The average molecular weight is 235 g/mol. The summed E-state index contributed by atoms with van der Waals surface area (Å²) in [5.74, 6) is 0. The highest BCUT2D eigenvalue weighted by atomic mass is 32.2. The van der Waals surface area contributed by atoms with Crippen molar-refractivity contribution in [2.45, 2.75) is 37.6 Å². The van der Waals surface area contributed by atoms with Crippen LogP contribution in [0.25, 0.3) is 0 Å². The molecule has 0 atom stereocenters. The molecule has 0 saturated carbocycles. The Morgan fingerprint density at radius 3 is 2.75 bits per heavy atom. The SMILES string of the molecule is CCN1Cc2cc(SC)ccc2C(C)(C)C1. The maximum atomic E-state index is 2.53. The lowest BCUT2D eigenvalue weighted by Crippen LogP contribution is -2.41. The molecule has 0 spiro atoms. The third-order valence-electron chi connectivity index (χ3n) is 3.50. The van der Waals surface area contributed by atoms with Gasteiger partial charge in [-0.15, -0.1) is 11.8 Å². The summed E-state index contributed by atoms with van der Waals surface area (Å²) in [4.78, 5) is 3.92. The first kappa shape index (κ1) is 12.0. The highest BCUT2D eigenvalue weighted by Crippen LogP contribution is 2.34. The van der Waals surface area contributed by atoms with E-state index < -0.39 is 0 Å². The van der Waals surface area contributed by atoms with E-state index in [-0.39, 0.29) is 0 Å². The molecule has 88 valence electrons. The molecule has 1 aliphatic heterocycles. The average Bonchev–Trinajstić information content (AvgIpc) is 2.27. The van der Waals surface area contributed by atoms with E-state index in [1.54, 1.807) is 0 Å². The molecule has 0 aromatic heterocycles. The summed E-state index contributed by atoms with van der Waals surface area (Å²) in [6, 6.07) is 6.95. The number of thioether (sulfide) groups is 1. The van der Waals surface area contributed by atoms with Crippen LogP contribution in [0.4, 0.5) is 0 Å². The minimum atomic E-state index is 0.292. The van der Waals surface area contributed by atoms with Crippen LogP contribution < -0.4 is 0 Å². The van der Waals surface area contributed by atoms with Crippen LogP contribution in [0.5, 0.6) is 0 Å². The summed E-state index contributed by atoms with van der Waals surface area (Å²) in [5, 5.41) is 0. The van der Waals surface area contributed by atoms with E-state index in [2.05, 4.69) is 50.1 Å². The lowest BCUT2D eigenvalue weighted by Gasteiger charge is -2.39. The van der Waals surface area contributed by atoms with Gasteiger partial charge in [-0.05, 0) is 36.1 Å². The van der Waals surface area contributed by atoms with E-state index in [1.807, 2.05) is 11.8 Å². The zero-order valence-corrected chi connectivity index (χ0v) is 11.5. The maximum absolute atomic E-state index is 2.53. The molecule has 1 aromatic carbocycles. The third-order valence-corrected chi connectivity index (χ3v) is 4.23. The highest BCUT2D eigenvalue weighted by molar-refractivity contribution is 7.98. The molecule has 1 aliphatic rings. The summed E-state index contributed by atoms with van der Waals surface area (Å²) in [7, 11) is 0. The van der Waals surface area contributed by atoms with Crippen molar-refractivity contribution in [1.82, 2.24) is 4.90 Å². The fourth-order valence-electron chi connectivity index (χ4n) is 2.65. The molecule has 0 amide bonds. The van der Waals surface area contributed by atoms with Gasteiger partial charge in [0.05, 0.1) is 0 Å². The summed E-state index contributed by atoms with van der Waals surface area (Å²) < 4.78 is 0. The Labute approximate surface area is 103 Å². The molecule has 0 radical (unpaired) electrons. The molecule has 2 rings (SSSR count). The van der Waals surface area contributed by atoms with Gasteiger partial charge in [0.2, 0.25) is 0 Å². The van der Waals surface area contributed by atoms with Gasteiger partial charge in [0.15, 0.2) is 0 Å². The monoisotopic (exact) mass is 235 g/mol. The molecule has 1 heterocycles. The Morgan fingerprint density at radius 2 is 2.12 bits per heavy atom. The van der Waals surface area contributed by atoms with Gasteiger partial charge in [0.25, 0.3) is 0 Å². The minimum Gasteiger partial charge on any atom is -0.298 e. The quantitative estimate of drug-likeness (QED) is 0.722. The van der Waals surface area contributed by atoms with Crippen LogP contribution in [0, 0.1) is 0 Å². The van der Waals surface area contributed by atoms with Gasteiger partial charge in [-0.1, -0.05) is 26.8 Å². The Hall–Kier alpha value is -0.470. The zero-order valence-electron chi connectivity index (χ0n) is 10.7. The zero-order chi connectivity index (χ0) is 11.8. The van der Waals surface area contributed by atoms with E-state index in [1.165, 1.54) is 22.6 Å². The molecular weight excluding hydrogens is 214 g/mol. The van der Waals surface area contributed by atoms with Crippen molar-refractivity contribution in [1.29, 1.82) is 0 Å². The normalized spacial score (nSPS) is 19.5. The lowest BCUT2D eigenvalue weighted by molar-refractivity contribution is 0.203. The van der Waals surface area contributed by atoms with Crippen molar-refractivity contribution >= 4 is 11.8 Å². The number of fused-ring (bicyclic) bond motifs is 1. The Kier molecular flexibility index (Phi) is 3.32. The number of hydrogen-bond donors (Lipinski definition) is 0. The molecule has 16 heavy (non-hydrogen) atoms. The van der Waals surface area contributed by atoms with E-state index in [0.29, 0.717) is 5.41 Å². The molecule has 0 N–H and O–H groups in total. The van der Waals surface area contributed by atoms with E-state index >= 15 is 0 Å². The molecule has 0 saturated heterocycles. The number of likely N-dealkylation sites (N-methyl/N-ethyl adjacent to an activating group) is 1. The van der Waals surface area contributed by atoms with Crippen molar-refractivity contribution in [2.24, 2.45) is 0 Å². The molecule has 0 fully saturated rings. The van der Waals surface area contributed by atoms with Gasteiger partial charge in [-0.3, -0.25) is 4.90 Å². The van der Waals surface area contributed by atoms with Crippen LogP contribution in [0.3, 0.4) is 0 Å².